The lowest BCUT2D eigenvalue weighted by Crippen LogP contribution is -2.48. The predicted molar refractivity (Wildman–Crippen MR) is 99.0 cm³/mol. The standard InChI is InChI=1S/C19H25N5O2/c1-11-6-7-24(12(2)25)9-15(11)23-19-16-14(17(26)13-4-3-5-13)8-20-18(16)21-10-22-19/h8,10-11,13,15H,3-7,9H2,1-2H3,(H2,20,21,22,23)/t11-,15+/m1/s1. The van der Waals surface area contributed by atoms with Crippen molar-refractivity contribution < 1.29 is 9.59 Å². The maximum atomic E-state index is 12.8. The Hall–Kier alpha value is -2.44. The van der Waals surface area contributed by atoms with Gasteiger partial charge in [0, 0.05) is 43.7 Å². The van der Waals surface area contributed by atoms with Crippen molar-refractivity contribution in [2.75, 3.05) is 18.4 Å². The van der Waals surface area contributed by atoms with E-state index in [1.165, 1.54) is 6.33 Å². The van der Waals surface area contributed by atoms with Crippen LogP contribution in [-0.4, -0.2) is 50.7 Å². The Labute approximate surface area is 152 Å². The first-order valence-corrected chi connectivity index (χ1v) is 9.43. The number of aromatic amines is 1. The van der Waals surface area contributed by atoms with E-state index in [1.54, 1.807) is 13.1 Å². The molecule has 7 nitrogen and oxygen atoms in total. The molecule has 4 rings (SSSR count). The number of hydrogen-bond acceptors (Lipinski definition) is 5. The highest BCUT2D eigenvalue weighted by atomic mass is 16.2. The Morgan fingerprint density at radius 2 is 2.08 bits per heavy atom. The molecule has 2 aromatic rings. The van der Waals surface area contributed by atoms with Crippen molar-refractivity contribution in [1.82, 2.24) is 19.9 Å². The third kappa shape index (κ3) is 2.95. The molecule has 3 heterocycles. The zero-order chi connectivity index (χ0) is 18.3. The average molecular weight is 355 g/mol. The summed E-state index contributed by atoms with van der Waals surface area (Å²) in [5, 5.41) is 4.27. The third-order valence-electron chi connectivity index (χ3n) is 5.94. The zero-order valence-electron chi connectivity index (χ0n) is 15.3. The average Bonchev–Trinajstić information content (AvgIpc) is 3.00. The summed E-state index contributed by atoms with van der Waals surface area (Å²) < 4.78 is 0. The quantitative estimate of drug-likeness (QED) is 0.823. The molecule has 138 valence electrons. The number of ketones is 1. The molecule has 26 heavy (non-hydrogen) atoms. The Bertz CT molecular complexity index is 842. The summed E-state index contributed by atoms with van der Waals surface area (Å²) in [6, 6.07) is 0.104. The van der Waals surface area contributed by atoms with Crippen LogP contribution < -0.4 is 5.32 Å². The van der Waals surface area contributed by atoms with E-state index in [-0.39, 0.29) is 23.7 Å². The van der Waals surface area contributed by atoms with E-state index < -0.39 is 0 Å². The second-order valence-corrected chi connectivity index (χ2v) is 7.62. The van der Waals surface area contributed by atoms with Crippen LogP contribution in [0.2, 0.25) is 0 Å². The Balaban J connectivity index is 1.64. The minimum Gasteiger partial charge on any atom is -0.365 e. The summed E-state index contributed by atoms with van der Waals surface area (Å²) in [5.41, 5.74) is 1.36. The van der Waals surface area contributed by atoms with Gasteiger partial charge in [-0.15, -0.1) is 0 Å². The molecule has 1 amide bonds. The number of nitrogens with zero attached hydrogens (tertiary/aromatic N) is 3. The molecule has 7 heteroatoms. The summed E-state index contributed by atoms with van der Waals surface area (Å²) in [7, 11) is 0. The molecule has 0 bridgehead atoms. The van der Waals surface area contributed by atoms with Crippen LogP contribution in [0, 0.1) is 11.8 Å². The number of carbonyl (C=O) groups is 2. The lowest BCUT2D eigenvalue weighted by Gasteiger charge is -2.37. The van der Waals surface area contributed by atoms with Gasteiger partial charge >= 0.3 is 0 Å². The molecule has 2 fully saturated rings. The van der Waals surface area contributed by atoms with Crippen molar-refractivity contribution in [1.29, 1.82) is 0 Å². The van der Waals surface area contributed by atoms with E-state index in [9.17, 15) is 9.59 Å². The van der Waals surface area contributed by atoms with Crippen molar-refractivity contribution in [2.45, 2.75) is 45.6 Å². The zero-order valence-corrected chi connectivity index (χ0v) is 15.3. The summed E-state index contributed by atoms with van der Waals surface area (Å²) in [6.45, 7) is 5.24. The van der Waals surface area contributed by atoms with Crippen LogP contribution in [0.1, 0.15) is 49.9 Å². The number of H-pyrrole nitrogens is 1. The van der Waals surface area contributed by atoms with Gasteiger partial charge in [0.1, 0.15) is 17.8 Å². The minimum absolute atomic E-state index is 0.0963. The van der Waals surface area contributed by atoms with Crippen LogP contribution >= 0.6 is 0 Å². The second-order valence-electron chi connectivity index (χ2n) is 7.62. The van der Waals surface area contributed by atoms with E-state index in [2.05, 4.69) is 27.2 Å². The van der Waals surface area contributed by atoms with Gasteiger partial charge in [-0.1, -0.05) is 13.3 Å². The van der Waals surface area contributed by atoms with Crippen molar-refractivity contribution in [3.8, 4) is 0 Å². The van der Waals surface area contributed by atoms with Crippen LogP contribution in [0.5, 0.6) is 0 Å². The van der Waals surface area contributed by atoms with Gasteiger partial charge in [-0.3, -0.25) is 9.59 Å². The first-order valence-electron chi connectivity index (χ1n) is 9.43. The molecule has 2 N–H and O–H groups in total. The molecular weight excluding hydrogens is 330 g/mol. The number of anilines is 1. The number of rotatable bonds is 4. The maximum absolute atomic E-state index is 12.8. The van der Waals surface area contributed by atoms with Crippen molar-refractivity contribution >= 4 is 28.5 Å². The number of fused-ring (bicyclic) bond motifs is 1. The second kappa shape index (κ2) is 6.70. The van der Waals surface area contributed by atoms with E-state index in [0.717, 1.165) is 37.6 Å². The lowest BCUT2D eigenvalue weighted by atomic mass is 9.80. The molecule has 2 aliphatic rings. The first kappa shape index (κ1) is 17.0. The topological polar surface area (TPSA) is 91.0 Å². The number of Topliss-reactive ketones (excluding diaryl/α,β-unsaturated/α-hetero) is 1. The molecule has 2 atom stereocenters. The lowest BCUT2D eigenvalue weighted by molar-refractivity contribution is -0.130. The fourth-order valence-corrected chi connectivity index (χ4v) is 3.88. The summed E-state index contributed by atoms with van der Waals surface area (Å²) in [5.74, 6) is 1.51. The number of amides is 1. The summed E-state index contributed by atoms with van der Waals surface area (Å²) in [6.07, 6.45) is 7.28. The largest absolute Gasteiger partial charge is 0.365 e. The number of aromatic nitrogens is 3. The number of hydrogen-bond donors (Lipinski definition) is 2. The molecule has 0 aromatic carbocycles. The van der Waals surface area contributed by atoms with Gasteiger partial charge in [0.2, 0.25) is 5.91 Å². The van der Waals surface area contributed by atoms with Gasteiger partial charge in [0.15, 0.2) is 5.78 Å². The van der Waals surface area contributed by atoms with E-state index in [1.807, 2.05) is 4.90 Å². The first-order chi connectivity index (χ1) is 12.5. The van der Waals surface area contributed by atoms with Crippen LogP contribution in [0.3, 0.4) is 0 Å². The minimum atomic E-state index is 0.0963. The summed E-state index contributed by atoms with van der Waals surface area (Å²) in [4.78, 5) is 38.2. The highest BCUT2D eigenvalue weighted by molar-refractivity contribution is 6.11. The molecule has 2 aromatic heterocycles. The predicted octanol–water partition coefficient (Wildman–Crippen LogP) is 2.61. The Morgan fingerprint density at radius 1 is 1.27 bits per heavy atom. The van der Waals surface area contributed by atoms with Crippen molar-refractivity contribution in [2.24, 2.45) is 11.8 Å². The summed E-state index contributed by atoms with van der Waals surface area (Å²) >= 11 is 0. The molecular formula is C19H25N5O2. The normalized spacial score (nSPS) is 23.7. The number of piperidine rings is 1. The molecule has 1 aliphatic carbocycles. The fourth-order valence-electron chi connectivity index (χ4n) is 3.88. The third-order valence-corrected chi connectivity index (χ3v) is 5.94. The number of nitrogens with one attached hydrogen (secondary N) is 2. The fraction of sp³-hybridized carbons (Fsp3) is 0.579. The smallest absolute Gasteiger partial charge is 0.219 e. The molecule has 1 aliphatic heterocycles. The highest BCUT2D eigenvalue weighted by Crippen LogP contribution is 2.34. The molecule has 0 unspecified atom stereocenters. The Morgan fingerprint density at radius 3 is 2.77 bits per heavy atom. The van der Waals surface area contributed by atoms with Gasteiger partial charge in [-0.2, -0.15) is 0 Å². The molecule has 0 radical (unpaired) electrons. The highest BCUT2D eigenvalue weighted by Gasteiger charge is 2.31. The van der Waals surface area contributed by atoms with Gasteiger partial charge < -0.3 is 15.2 Å². The van der Waals surface area contributed by atoms with Crippen molar-refractivity contribution in [3.05, 3.63) is 18.1 Å². The van der Waals surface area contributed by atoms with Crippen LogP contribution in [0.15, 0.2) is 12.5 Å². The van der Waals surface area contributed by atoms with Gasteiger partial charge in [-0.05, 0) is 25.2 Å². The van der Waals surface area contributed by atoms with Gasteiger partial charge in [0.05, 0.1) is 5.39 Å². The SMILES string of the molecule is CC(=O)N1CC[C@@H](C)[C@@H](Nc2ncnc3[nH]cc(C(=O)C4CCC4)c23)C1. The van der Waals surface area contributed by atoms with Crippen LogP contribution in [0.4, 0.5) is 5.82 Å². The number of carbonyl (C=O) groups excluding carboxylic acids is 2. The molecule has 1 saturated heterocycles. The Kier molecular flexibility index (Phi) is 4.38. The van der Waals surface area contributed by atoms with Gasteiger partial charge in [-0.25, -0.2) is 9.97 Å². The van der Waals surface area contributed by atoms with E-state index >= 15 is 0 Å². The van der Waals surface area contributed by atoms with E-state index in [4.69, 9.17) is 0 Å². The van der Waals surface area contributed by atoms with Crippen LogP contribution in [-0.2, 0) is 4.79 Å². The maximum Gasteiger partial charge on any atom is 0.219 e. The monoisotopic (exact) mass is 355 g/mol. The van der Waals surface area contributed by atoms with E-state index in [0.29, 0.717) is 29.5 Å². The van der Waals surface area contributed by atoms with Crippen LogP contribution in [0.25, 0.3) is 11.0 Å². The molecule has 0 spiro atoms. The molecule has 1 saturated carbocycles. The van der Waals surface area contributed by atoms with Gasteiger partial charge in [0.25, 0.3) is 0 Å². The number of likely N-dealkylation sites (tertiary alicyclic amines) is 1. The van der Waals surface area contributed by atoms with Crippen molar-refractivity contribution in [3.63, 3.8) is 0 Å².